The highest BCUT2D eigenvalue weighted by Gasteiger charge is 2.19. The zero-order chi connectivity index (χ0) is 13.4. The number of anilines is 1. The first-order valence-electron chi connectivity index (χ1n) is 6.03. The Hall–Kier alpha value is -2.33. The van der Waals surface area contributed by atoms with Crippen LogP contribution < -0.4 is 5.73 Å². The van der Waals surface area contributed by atoms with Crippen molar-refractivity contribution in [3.05, 3.63) is 59.5 Å². The van der Waals surface area contributed by atoms with Crippen LogP contribution in [0.5, 0.6) is 0 Å². The molecule has 3 rings (SSSR count). The Morgan fingerprint density at radius 1 is 1.26 bits per heavy atom. The molecular formula is C15H14N2O2. The minimum atomic E-state index is -0.837. The molecule has 1 aromatic carbocycles. The van der Waals surface area contributed by atoms with Crippen molar-refractivity contribution in [2.75, 3.05) is 5.73 Å². The number of benzene rings is 1. The molecule has 96 valence electrons. The fourth-order valence-electron chi connectivity index (χ4n) is 2.20. The standard InChI is InChI=1S/C15H14N2O2/c1-9-6-11(15(16)17-7-9)14(18)12-8-19-13-5-3-2-4-10(12)13/h2-8,14,18H,1H3,(H2,16,17). The molecule has 0 spiro atoms. The second-order valence-corrected chi connectivity index (χ2v) is 4.58. The number of aliphatic hydroxyl groups is 1. The second-order valence-electron chi connectivity index (χ2n) is 4.58. The molecule has 0 saturated carbocycles. The number of nitrogens with zero attached hydrogens (tertiary/aromatic N) is 1. The first-order valence-corrected chi connectivity index (χ1v) is 6.03. The van der Waals surface area contributed by atoms with Crippen molar-refractivity contribution in [2.24, 2.45) is 0 Å². The van der Waals surface area contributed by atoms with Crippen LogP contribution in [0.3, 0.4) is 0 Å². The topological polar surface area (TPSA) is 72.3 Å². The van der Waals surface area contributed by atoms with Gasteiger partial charge in [0.2, 0.25) is 0 Å². The van der Waals surface area contributed by atoms with Crippen LogP contribution in [0.1, 0.15) is 22.8 Å². The van der Waals surface area contributed by atoms with Gasteiger partial charge in [0.15, 0.2) is 0 Å². The van der Waals surface area contributed by atoms with Gasteiger partial charge in [0.05, 0.1) is 6.26 Å². The molecule has 0 radical (unpaired) electrons. The normalized spacial score (nSPS) is 12.7. The van der Waals surface area contributed by atoms with Gasteiger partial charge in [-0.25, -0.2) is 4.98 Å². The molecule has 0 aliphatic heterocycles. The average Bonchev–Trinajstić information content (AvgIpc) is 2.84. The Kier molecular flexibility index (Phi) is 2.72. The number of aromatic nitrogens is 1. The number of pyridine rings is 1. The van der Waals surface area contributed by atoms with E-state index in [2.05, 4.69) is 4.98 Å². The molecule has 1 atom stereocenters. The van der Waals surface area contributed by atoms with Crippen molar-refractivity contribution in [2.45, 2.75) is 13.0 Å². The third-order valence-electron chi connectivity index (χ3n) is 3.19. The van der Waals surface area contributed by atoms with E-state index in [4.69, 9.17) is 10.2 Å². The number of hydrogen-bond acceptors (Lipinski definition) is 4. The zero-order valence-electron chi connectivity index (χ0n) is 10.5. The molecule has 0 aliphatic rings. The lowest BCUT2D eigenvalue weighted by Crippen LogP contribution is -2.05. The number of rotatable bonds is 2. The third-order valence-corrected chi connectivity index (χ3v) is 3.19. The Balaban J connectivity index is 2.13. The highest BCUT2D eigenvalue weighted by molar-refractivity contribution is 5.82. The predicted molar refractivity (Wildman–Crippen MR) is 73.7 cm³/mol. The summed E-state index contributed by atoms with van der Waals surface area (Å²) >= 11 is 0. The molecule has 3 N–H and O–H groups in total. The summed E-state index contributed by atoms with van der Waals surface area (Å²) in [7, 11) is 0. The average molecular weight is 254 g/mol. The lowest BCUT2D eigenvalue weighted by molar-refractivity contribution is 0.221. The SMILES string of the molecule is Cc1cnc(N)c(C(O)c2coc3ccccc23)c1. The monoisotopic (exact) mass is 254 g/mol. The Bertz CT molecular complexity index is 734. The van der Waals surface area contributed by atoms with Crippen LogP contribution in [0.25, 0.3) is 11.0 Å². The van der Waals surface area contributed by atoms with Crippen LogP contribution in [0, 0.1) is 6.92 Å². The minimum absolute atomic E-state index is 0.336. The maximum absolute atomic E-state index is 10.5. The maximum Gasteiger partial charge on any atom is 0.134 e. The largest absolute Gasteiger partial charge is 0.464 e. The molecule has 0 bridgehead atoms. The molecule has 0 amide bonds. The minimum Gasteiger partial charge on any atom is -0.464 e. The number of nitrogens with two attached hydrogens (primary N) is 1. The summed E-state index contributed by atoms with van der Waals surface area (Å²) in [4.78, 5) is 4.08. The van der Waals surface area contributed by atoms with E-state index in [9.17, 15) is 5.11 Å². The summed E-state index contributed by atoms with van der Waals surface area (Å²) in [5, 5.41) is 11.4. The van der Waals surface area contributed by atoms with Gasteiger partial charge in [0.1, 0.15) is 17.5 Å². The maximum atomic E-state index is 10.5. The molecule has 0 fully saturated rings. The fourth-order valence-corrected chi connectivity index (χ4v) is 2.20. The third kappa shape index (κ3) is 1.96. The van der Waals surface area contributed by atoms with Gasteiger partial charge >= 0.3 is 0 Å². The Labute approximate surface area is 110 Å². The molecule has 19 heavy (non-hydrogen) atoms. The number of furan rings is 1. The van der Waals surface area contributed by atoms with E-state index in [0.29, 0.717) is 16.9 Å². The number of para-hydroxylation sites is 1. The van der Waals surface area contributed by atoms with E-state index < -0.39 is 6.10 Å². The Morgan fingerprint density at radius 3 is 2.89 bits per heavy atom. The van der Waals surface area contributed by atoms with Gasteiger partial charge in [-0.15, -0.1) is 0 Å². The number of aliphatic hydroxyl groups excluding tert-OH is 1. The van der Waals surface area contributed by atoms with E-state index in [1.165, 1.54) is 0 Å². The first-order chi connectivity index (χ1) is 9.16. The predicted octanol–water partition coefficient (Wildman–Crippen LogP) is 2.80. The summed E-state index contributed by atoms with van der Waals surface area (Å²) in [6, 6.07) is 9.42. The molecule has 0 aliphatic carbocycles. The summed E-state index contributed by atoms with van der Waals surface area (Å²) < 4.78 is 5.44. The lowest BCUT2D eigenvalue weighted by Gasteiger charge is -2.12. The number of fused-ring (bicyclic) bond motifs is 1. The molecule has 3 aromatic rings. The van der Waals surface area contributed by atoms with E-state index in [-0.39, 0.29) is 0 Å². The molecule has 4 heteroatoms. The highest BCUT2D eigenvalue weighted by atomic mass is 16.3. The van der Waals surface area contributed by atoms with Crippen LogP contribution in [-0.4, -0.2) is 10.1 Å². The number of aryl methyl sites for hydroxylation is 1. The van der Waals surface area contributed by atoms with Crippen LogP contribution in [0.4, 0.5) is 5.82 Å². The van der Waals surface area contributed by atoms with E-state index >= 15 is 0 Å². The van der Waals surface area contributed by atoms with Crippen LogP contribution >= 0.6 is 0 Å². The lowest BCUT2D eigenvalue weighted by atomic mass is 10.0. The molecule has 2 heterocycles. The highest BCUT2D eigenvalue weighted by Crippen LogP contribution is 2.32. The van der Waals surface area contributed by atoms with E-state index in [0.717, 1.165) is 16.5 Å². The zero-order valence-corrected chi connectivity index (χ0v) is 10.5. The van der Waals surface area contributed by atoms with Gasteiger partial charge in [0, 0.05) is 22.7 Å². The summed E-state index contributed by atoms with van der Waals surface area (Å²) in [5.41, 5.74) is 8.85. The van der Waals surface area contributed by atoms with Crippen molar-refractivity contribution in [1.29, 1.82) is 0 Å². The van der Waals surface area contributed by atoms with Crippen LogP contribution in [-0.2, 0) is 0 Å². The molecule has 0 saturated heterocycles. The van der Waals surface area contributed by atoms with Crippen molar-refractivity contribution in [3.63, 3.8) is 0 Å². The summed E-state index contributed by atoms with van der Waals surface area (Å²) in [6.45, 7) is 1.91. The van der Waals surface area contributed by atoms with Crippen LogP contribution in [0.15, 0.2) is 47.2 Å². The van der Waals surface area contributed by atoms with Crippen molar-refractivity contribution < 1.29 is 9.52 Å². The van der Waals surface area contributed by atoms with E-state index in [1.54, 1.807) is 12.5 Å². The smallest absolute Gasteiger partial charge is 0.134 e. The van der Waals surface area contributed by atoms with E-state index in [1.807, 2.05) is 37.3 Å². The fraction of sp³-hybridized carbons (Fsp3) is 0.133. The second kappa shape index (κ2) is 4.40. The van der Waals surface area contributed by atoms with Crippen molar-refractivity contribution in [3.8, 4) is 0 Å². The first kappa shape index (κ1) is 11.7. The van der Waals surface area contributed by atoms with Gasteiger partial charge in [-0.2, -0.15) is 0 Å². The summed E-state index contributed by atoms with van der Waals surface area (Å²) in [5.74, 6) is 0.336. The molecule has 1 unspecified atom stereocenters. The molecule has 2 aromatic heterocycles. The van der Waals surface area contributed by atoms with Gasteiger partial charge in [0.25, 0.3) is 0 Å². The van der Waals surface area contributed by atoms with Gasteiger partial charge in [-0.3, -0.25) is 0 Å². The van der Waals surface area contributed by atoms with Crippen molar-refractivity contribution >= 4 is 16.8 Å². The van der Waals surface area contributed by atoms with Gasteiger partial charge in [-0.1, -0.05) is 18.2 Å². The molecular weight excluding hydrogens is 240 g/mol. The Morgan fingerprint density at radius 2 is 2.05 bits per heavy atom. The molecule has 4 nitrogen and oxygen atoms in total. The number of hydrogen-bond donors (Lipinski definition) is 2. The number of nitrogen functional groups attached to an aromatic ring is 1. The van der Waals surface area contributed by atoms with Crippen LogP contribution in [0.2, 0.25) is 0 Å². The van der Waals surface area contributed by atoms with Gasteiger partial charge in [-0.05, 0) is 24.6 Å². The quantitative estimate of drug-likeness (QED) is 0.737. The van der Waals surface area contributed by atoms with Gasteiger partial charge < -0.3 is 15.3 Å². The van der Waals surface area contributed by atoms with Crippen molar-refractivity contribution in [1.82, 2.24) is 4.98 Å². The summed E-state index contributed by atoms with van der Waals surface area (Å²) in [6.07, 6.45) is 2.41.